The average Bonchev–Trinajstić information content (AvgIpc) is 2.59. The summed E-state index contributed by atoms with van der Waals surface area (Å²) in [6.45, 7) is 3.86. The molecule has 1 saturated heterocycles. The predicted octanol–water partition coefficient (Wildman–Crippen LogP) is 2.07. The molecule has 1 aromatic rings. The van der Waals surface area contributed by atoms with Crippen molar-refractivity contribution in [2.75, 3.05) is 43.6 Å². The molecule has 1 fully saturated rings. The second-order valence-corrected chi connectivity index (χ2v) is 6.06. The Morgan fingerprint density at radius 2 is 2.25 bits per heavy atom. The lowest BCUT2D eigenvalue weighted by molar-refractivity contribution is -0.120. The van der Waals surface area contributed by atoms with Gasteiger partial charge in [0, 0.05) is 25.3 Å². The van der Waals surface area contributed by atoms with Crippen molar-refractivity contribution >= 4 is 23.3 Å². The monoisotopic (exact) mass is 333 g/mol. The van der Waals surface area contributed by atoms with Gasteiger partial charge in [-0.2, -0.15) is 0 Å². The Morgan fingerprint density at radius 1 is 1.42 bits per heavy atom. The maximum absolute atomic E-state index is 12.6. The molecule has 1 atom stereocenters. The van der Waals surface area contributed by atoms with Crippen LogP contribution in [0.2, 0.25) is 0 Å². The fourth-order valence-corrected chi connectivity index (χ4v) is 3.05. The molecule has 0 saturated carbocycles. The molecule has 130 valence electrons. The summed E-state index contributed by atoms with van der Waals surface area (Å²) < 4.78 is 10.9. The normalized spacial score (nSPS) is 20.4. The quantitative estimate of drug-likeness (QED) is 0.919. The van der Waals surface area contributed by atoms with Crippen LogP contribution in [0, 0.1) is 0 Å². The van der Waals surface area contributed by atoms with Gasteiger partial charge in [0.15, 0.2) is 6.61 Å². The zero-order valence-electron chi connectivity index (χ0n) is 14.1. The Balaban J connectivity index is 1.71. The van der Waals surface area contributed by atoms with Gasteiger partial charge in [0.05, 0.1) is 24.9 Å². The topological polar surface area (TPSA) is 71.1 Å². The Morgan fingerprint density at radius 3 is 3.04 bits per heavy atom. The van der Waals surface area contributed by atoms with E-state index in [1.807, 2.05) is 4.90 Å². The molecule has 0 spiro atoms. The lowest BCUT2D eigenvalue weighted by Gasteiger charge is -2.35. The van der Waals surface area contributed by atoms with E-state index in [1.165, 1.54) is 0 Å². The van der Waals surface area contributed by atoms with E-state index in [0.717, 1.165) is 12.8 Å². The van der Waals surface area contributed by atoms with E-state index in [4.69, 9.17) is 9.47 Å². The van der Waals surface area contributed by atoms with E-state index < -0.39 is 0 Å². The van der Waals surface area contributed by atoms with Crippen LogP contribution in [0.5, 0.6) is 5.75 Å². The fraction of sp³-hybridized carbons (Fsp3) is 0.529. The third-order valence-electron chi connectivity index (χ3n) is 4.41. The van der Waals surface area contributed by atoms with E-state index in [0.29, 0.717) is 36.9 Å². The van der Waals surface area contributed by atoms with Crippen LogP contribution in [0.25, 0.3) is 0 Å². The van der Waals surface area contributed by atoms with Crippen LogP contribution in [0.1, 0.15) is 19.8 Å². The molecule has 0 unspecified atom stereocenters. The molecule has 3 amide bonds. The molecule has 0 radical (unpaired) electrons. The molecule has 3 rings (SSSR count). The summed E-state index contributed by atoms with van der Waals surface area (Å²) in [6.07, 6.45) is 1.93. The number of morpholine rings is 1. The lowest BCUT2D eigenvalue weighted by Crippen LogP contribution is -2.50. The van der Waals surface area contributed by atoms with Crippen molar-refractivity contribution in [3.8, 4) is 5.75 Å². The van der Waals surface area contributed by atoms with Gasteiger partial charge in [0.1, 0.15) is 5.75 Å². The molecular weight excluding hydrogens is 310 g/mol. The van der Waals surface area contributed by atoms with Crippen LogP contribution in [0.3, 0.4) is 0 Å². The molecule has 2 aliphatic rings. The van der Waals surface area contributed by atoms with Crippen LogP contribution >= 0.6 is 0 Å². The smallest absolute Gasteiger partial charge is 0.322 e. The third-order valence-corrected chi connectivity index (χ3v) is 4.41. The number of hydrogen-bond donors (Lipinski definition) is 1. The number of ether oxygens (including phenoxy) is 2. The van der Waals surface area contributed by atoms with Crippen LogP contribution < -0.4 is 15.0 Å². The highest BCUT2D eigenvalue weighted by Crippen LogP contribution is 2.33. The van der Waals surface area contributed by atoms with Crippen molar-refractivity contribution in [2.24, 2.45) is 0 Å². The van der Waals surface area contributed by atoms with Crippen LogP contribution in [0.15, 0.2) is 18.2 Å². The number of rotatable bonds is 3. The van der Waals surface area contributed by atoms with Crippen LogP contribution in [0.4, 0.5) is 16.2 Å². The zero-order valence-corrected chi connectivity index (χ0v) is 14.1. The first kappa shape index (κ1) is 16.6. The van der Waals surface area contributed by atoms with Crippen molar-refractivity contribution in [1.29, 1.82) is 0 Å². The Kier molecular flexibility index (Phi) is 4.89. The number of carbonyl (C=O) groups is 2. The maximum atomic E-state index is 12.6. The minimum atomic E-state index is -0.128. The number of fused-ring (bicyclic) bond motifs is 1. The lowest BCUT2D eigenvalue weighted by atomic mass is 10.1. The van der Waals surface area contributed by atoms with Gasteiger partial charge >= 0.3 is 6.03 Å². The number of anilines is 2. The van der Waals surface area contributed by atoms with Crippen molar-refractivity contribution in [3.05, 3.63) is 18.2 Å². The number of carbonyl (C=O) groups excluding carboxylic acids is 2. The summed E-state index contributed by atoms with van der Waals surface area (Å²) in [7, 11) is 1.71. The molecule has 0 aliphatic carbocycles. The molecule has 2 aliphatic heterocycles. The fourth-order valence-electron chi connectivity index (χ4n) is 3.05. The van der Waals surface area contributed by atoms with Crippen molar-refractivity contribution < 1.29 is 19.1 Å². The maximum Gasteiger partial charge on any atom is 0.322 e. The summed E-state index contributed by atoms with van der Waals surface area (Å²) >= 11 is 0. The minimum Gasteiger partial charge on any atom is -0.481 e. The summed E-state index contributed by atoms with van der Waals surface area (Å²) in [4.78, 5) is 27.6. The average molecular weight is 333 g/mol. The molecule has 0 aromatic heterocycles. The first-order valence-electron chi connectivity index (χ1n) is 8.29. The summed E-state index contributed by atoms with van der Waals surface area (Å²) in [5.41, 5.74) is 1.36. The van der Waals surface area contributed by atoms with Gasteiger partial charge < -0.3 is 24.6 Å². The number of nitrogens with one attached hydrogen (secondary N) is 1. The van der Waals surface area contributed by atoms with E-state index in [1.54, 1.807) is 30.1 Å². The molecule has 1 N–H and O–H groups in total. The highest BCUT2D eigenvalue weighted by atomic mass is 16.5. The van der Waals surface area contributed by atoms with Crippen LogP contribution in [-0.4, -0.2) is 56.3 Å². The Hall–Kier alpha value is -2.28. The van der Waals surface area contributed by atoms with E-state index in [2.05, 4.69) is 12.2 Å². The van der Waals surface area contributed by atoms with Crippen LogP contribution in [-0.2, 0) is 9.53 Å². The number of hydrogen-bond acceptors (Lipinski definition) is 4. The van der Waals surface area contributed by atoms with Gasteiger partial charge in [-0.1, -0.05) is 13.3 Å². The molecule has 24 heavy (non-hydrogen) atoms. The van der Waals surface area contributed by atoms with Gasteiger partial charge in [0.25, 0.3) is 5.91 Å². The standard InChI is InChI=1S/C17H23N3O4/c1-3-4-13-10-23-8-7-20(13)17(22)18-12-5-6-14-15(9-12)24-11-16(21)19(14)2/h5-6,9,13H,3-4,7-8,10-11H2,1-2H3,(H,18,22)/t13-/m0/s1. The minimum absolute atomic E-state index is 0.0168. The number of amides is 3. The SMILES string of the molecule is CCC[C@H]1COCCN1C(=O)Nc1ccc2c(c1)OCC(=O)N2C. The number of benzene rings is 1. The molecule has 1 aromatic carbocycles. The number of nitrogens with zero attached hydrogens (tertiary/aromatic N) is 2. The molecule has 7 nitrogen and oxygen atoms in total. The van der Waals surface area contributed by atoms with Crippen molar-refractivity contribution in [2.45, 2.75) is 25.8 Å². The molecular formula is C17H23N3O4. The third kappa shape index (κ3) is 3.31. The van der Waals surface area contributed by atoms with Gasteiger partial charge in [-0.05, 0) is 18.6 Å². The predicted molar refractivity (Wildman–Crippen MR) is 90.6 cm³/mol. The second-order valence-electron chi connectivity index (χ2n) is 6.06. The molecule has 2 heterocycles. The number of likely N-dealkylation sites (N-methyl/N-ethyl adjacent to an activating group) is 1. The van der Waals surface area contributed by atoms with Gasteiger partial charge in [-0.15, -0.1) is 0 Å². The molecule has 0 bridgehead atoms. The summed E-state index contributed by atoms with van der Waals surface area (Å²) in [6, 6.07) is 5.30. The first-order chi connectivity index (χ1) is 11.6. The van der Waals surface area contributed by atoms with Gasteiger partial charge in [-0.25, -0.2) is 4.79 Å². The van der Waals surface area contributed by atoms with E-state index >= 15 is 0 Å². The van der Waals surface area contributed by atoms with E-state index in [9.17, 15) is 9.59 Å². The largest absolute Gasteiger partial charge is 0.481 e. The highest BCUT2D eigenvalue weighted by molar-refractivity contribution is 5.98. The van der Waals surface area contributed by atoms with Crippen molar-refractivity contribution in [3.63, 3.8) is 0 Å². The van der Waals surface area contributed by atoms with E-state index in [-0.39, 0.29) is 24.6 Å². The first-order valence-corrected chi connectivity index (χ1v) is 8.29. The summed E-state index contributed by atoms with van der Waals surface area (Å²) in [5, 5.41) is 2.92. The van der Waals surface area contributed by atoms with Gasteiger partial charge in [0.2, 0.25) is 0 Å². The Labute approximate surface area is 141 Å². The zero-order chi connectivity index (χ0) is 17.1. The second kappa shape index (κ2) is 7.09. The molecule has 7 heteroatoms. The Bertz CT molecular complexity index is 632. The number of urea groups is 1. The summed E-state index contributed by atoms with van der Waals surface area (Å²) in [5.74, 6) is 0.511. The van der Waals surface area contributed by atoms with Crippen molar-refractivity contribution in [1.82, 2.24) is 4.90 Å². The van der Waals surface area contributed by atoms with Gasteiger partial charge in [-0.3, -0.25) is 4.79 Å². The highest BCUT2D eigenvalue weighted by Gasteiger charge is 2.27.